The molecular formula is C23H41NO5. The molecule has 29 heavy (non-hydrogen) atoms. The fourth-order valence-corrected chi connectivity index (χ4v) is 3.25. The summed E-state index contributed by atoms with van der Waals surface area (Å²) in [5, 5.41) is 0. The molecule has 168 valence electrons. The van der Waals surface area contributed by atoms with E-state index in [2.05, 4.69) is 13.5 Å². The van der Waals surface area contributed by atoms with Gasteiger partial charge in [-0.3, -0.25) is 14.4 Å². The van der Waals surface area contributed by atoms with Gasteiger partial charge in [0.25, 0.3) is 0 Å². The molecule has 0 fully saturated rings. The third-order valence-electron chi connectivity index (χ3n) is 4.77. The second kappa shape index (κ2) is 18.2. The smallest absolute Gasteiger partial charge is 0.305 e. The van der Waals surface area contributed by atoms with E-state index >= 15 is 0 Å². The van der Waals surface area contributed by atoms with Gasteiger partial charge in [-0.15, -0.1) is 0 Å². The topological polar surface area (TPSA) is 72.9 Å². The van der Waals surface area contributed by atoms with Crippen molar-refractivity contribution in [2.45, 2.75) is 97.5 Å². The number of amides is 1. The Morgan fingerprint density at radius 3 is 2.21 bits per heavy atom. The number of rotatable bonds is 18. The number of ether oxygens (including phenoxy) is 2. The molecule has 6 heteroatoms. The monoisotopic (exact) mass is 411 g/mol. The molecule has 6 nitrogen and oxygen atoms in total. The minimum atomic E-state index is -0.242. The quantitative estimate of drug-likeness (QED) is 0.184. The highest BCUT2D eigenvalue weighted by molar-refractivity contribution is 5.86. The summed E-state index contributed by atoms with van der Waals surface area (Å²) < 4.78 is 10.3. The van der Waals surface area contributed by atoms with Crippen LogP contribution in [-0.2, 0) is 23.9 Å². The molecule has 0 aromatic heterocycles. The van der Waals surface area contributed by atoms with Crippen molar-refractivity contribution in [1.82, 2.24) is 4.90 Å². The van der Waals surface area contributed by atoms with Gasteiger partial charge in [0.15, 0.2) is 0 Å². The van der Waals surface area contributed by atoms with E-state index in [-0.39, 0.29) is 23.9 Å². The molecule has 1 amide bonds. The van der Waals surface area contributed by atoms with Crippen molar-refractivity contribution in [3.8, 4) is 0 Å². The normalized spacial score (nSPS) is 11.6. The van der Waals surface area contributed by atoms with E-state index in [0.717, 1.165) is 64.2 Å². The molecule has 0 radical (unpaired) electrons. The lowest BCUT2D eigenvalue weighted by Gasteiger charge is -2.23. The molecule has 0 aromatic rings. The van der Waals surface area contributed by atoms with Crippen LogP contribution in [-0.4, -0.2) is 48.5 Å². The Bertz CT molecular complexity index is 478. The van der Waals surface area contributed by atoms with Gasteiger partial charge >= 0.3 is 11.9 Å². The second-order valence-corrected chi connectivity index (χ2v) is 7.37. The van der Waals surface area contributed by atoms with Crippen molar-refractivity contribution < 1.29 is 23.9 Å². The highest BCUT2D eigenvalue weighted by Crippen LogP contribution is 2.14. The largest absolute Gasteiger partial charge is 0.466 e. The Labute approximate surface area is 177 Å². The van der Waals surface area contributed by atoms with Crippen molar-refractivity contribution in [1.29, 1.82) is 0 Å². The number of hydrogen-bond acceptors (Lipinski definition) is 5. The van der Waals surface area contributed by atoms with Gasteiger partial charge in [0.1, 0.15) is 6.10 Å². The molecule has 0 saturated heterocycles. The summed E-state index contributed by atoms with van der Waals surface area (Å²) in [7, 11) is 0. The van der Waals surface area contributed by atoms with E-state index in [1.165, 1.54) is 13.0 Å². The Kier molecular flexibility index (Phi) is 17.0. The molecule has 0 heterocycles. The van der Waals surface area contributed by atoms with Crippen LogP contribution < -0.4 is 0 Å². The third kappa shape index (κ3) is 15.7. The van der Waals surface area contributed by atoms with Gasteiger partial charge in [-0.05, 0) is 51.5 Å². The van der Waals surface area contributed by atoms with Gasteiger partial charge in [-0.1, -0.05) is 39.2 Å². The molecule has 1 unspecified atom stereocenters. The summed E-state index contributed by atoms with van der Waals surface area (Å²) in [5.74, 6) is -0.447. The van der Waals surface area contributed by atoms with E-state index in [1.54, 1.807) is 0 Å². The molecule has 0 N–H and O–H groups in total. The van der Waals surface area contributed by atoms with E-state index in [9.17, 15) is 14.4 Å². The number of carbonyl (C=O) groups is 3. The second-order valence-electron chi connectivity index (χ2n) is 7.37. The summed E-state index contributed by atoms with van der Waals surface area (Å²) in [4.78, 5) is 36.6. The first kappa shape index (κ1) is 27.1. The fourth-order valence-electron chi connectivity index (χ4n) is 3.25. The number of hydrogen-bond donors (Lipinski definition) is 0. The van der Waals surface area contributed by atoms with Gasteiger partial charge in [0, 0.05) is 26.4 Å². The molecule has 0 aliphatic heterocycles. The summed E-state index contributed by atoms with van der Waals surface area (Å²) in [5.41, 5.74) is 0. The summed E-state index contributed by atoms with van der Waals surface area (Å²) in [6, 6.07) is 0. The average Bonchev–Trinajstić information content (AvgIpc) is 2.68. The van der Waals surface area contributed by atoms with Crippen LogP contribution in [0.4, 0.5) is 0 Å². The third-order valence-corrected chi connectivity index (χ3v) is 4.77. The SMILES string of the molecule is C=CC(=O)N(CCCCCCC(=O)OCC)CCCC(CCCCC)OC(C)=O. The van der Waals surface area contributed by atoms with Gasteiger partial charge in [0.05, 0.1) is 6.61 Å². The highest BCUT2D eigenvalue weighted by Gasteiger charge is 2.14. The minimum Gasteiger partial charge on any atom is -0.466 e. The Balaban J connectivity index is 4.22. The molecule has 0 spiro atoms. The lowest BCUT2D eigenvalue weighted by atomic mass is 10.1. The Hall–Kier alpha value is -1.85. The summed E-state index contributed by atoms with van der Waals surface area (Å²) in [6.07, 6.45) is 11.1. The van der Waals surface area contributed by atoms with Crippen LogP contribution >= 0.6 is 0 Å². The lowest BCUT2D eigenvalue weighted by molar-refractivity contribution is -0.147. The molecule has 0 aliphatic carbocycles. The highest BCUT2D eigenvalue weighted by atomic mass is 16.5. The predicted molar refractivity (Wildman–Crippen MR) is 115 cm³/mol. The molecule has 0 bridgehead atoms. The van der Waals surface area contributed by atoms with Crippen LogP contribution in [0.15, 0.2) is 12.7 Å². The zero-order chi connectivity index (χ0) is 21.9. The molecular weight excluding hydrogens is 370 g/mol. The molecule has 0 aliphatic rings. The van der Waals surface area contributed by atoms with E-state index in [4.69, 9.17) is 9.47 Å². The van der Waals surface area contributed by atoms with Crippen molar-refractivity contribution in [2.24, 2.45) is 0 Å². The maximum atomic E-state index is 12.1. The Morgan fingerprint density at radius 2 is 1.59 bits per heavy atom. The van der Waals surface area contributed by atoms with Crippen LogP contribution in [0.1, 0.15) is 91.4 Å². The Morgan fingerprint density at radius 1 is 0.931 bits per heavy atom. The lowest BCUT2D eigenvalue weighted by Crippen LogP contribution is -2.32. The van der Waals surface area contributed by atoms with Crippen molar-refractivity contribution in [2.75, 3.05) is 19.7 Å². The van der Waals surface area contributed by atoms with Crippen LogP contribution in [0, 0.1) is 0 Å². The number of nitrogens with zero attached hydrogens (tertiary/aromatic N) is 1. The van der Waals surface area contributed by atoms with Gasteiger partial charge in [0.2, 0.25) is 5.91 Å². The van der Waals surface area contributed by atoms with Crippen molar-refractivity contribution >= 4 is 17.8 Å². The van der Waals surface area contributed by atoms with Crippen LogP contribution in [0.5, 0.6) is 0 Å². The van der Waals surface area contributed by atoms with Gasteiger partial charge < -0.3 is 14.4 Å². The molecule has 0 rings (SSSR count). The summed E-state index contributed by atoms with van der Waals surface area (Å²) >= 11 is 0. The maximum absolute atomic E-state index is 12.1. The van der Waals surface area contributed by atoms with Gasteiger partial charge in [-0.25, -0.2) is 0 Å². The van der Waals surface area contributed by atoms with Crippen LogP contribution in [0.3, 0.4) is 0 Å². The number of unbranched alkanes of at least 4 members (excludes halogenated alkanes) is 5. The van der Waals surface area contributed by atoms with Gasteiger partial charge in [-0.2, -0.15) is 0 Å². The molecule has 0 saturated carbocycles. The summed E-state index contributed by atoms with van der Waals surface area (Å²) in [6.45, 7) is 10.7. The standard InChI is InChI=1S/C23H41NO5/c1-5-8-11-15-21(29-20(4)25)16-14-19-24(22(26)6-2)18-13-10-9-12-17-23(27)28-7-3/h6,21H,2,5,7-19H2,1,3-4H3. The average molecular weight is 412 g/mol. The minimum absolute atomic E-state index is 0.0634. The van der Waals surface area contributed by atoms with Crippen LogP contribution in [0.2, 0.25) is 0 Å². The van der Waals surface area contributed by atoms with Crippen LogP contribution in [0.25, 0.3) is 0 Å². The zero-order valence-electron chi connectivity index (χ0n) is 18.7. The fraction of sp³-hybridized carbons (Fsp3) is 0.783. The van der Waals surface area contributed by atoms with E-state index < -0.39 is 0 Å². The van der Waals surface area contributed by atoms with E-state index in [1.807, 2.05) is 11.8 Å². The first-order valence-electron chi connectivity index (χ1n) is 11.2. The van der Waals surface area contributed by atoms with Crippen molar-refractivity contribution in [3.05, 3.63) is 12.7 Å². The number of esters is 2. The molecule has 1 atom stereocenters. The first-order valence-corrected chi connectivity index (χ1v) is 11.2. The number of carbonyl (C=O) groups excluding carboxylic acids is 3. The predicted octanol–water partition coefficient (Wildman–Crippen LogP) is 4.81. The molecule has 0 aromatic carbocycles. The van der Waals surface area contributed by atoms with E-state index in [0.29, 0.717) is 26.1 Å². The van der Waals surface area contributed by atoms with Crippen molar-refractivity contribution in [3.63, 3.8) is 0 Å². The zero-order valence-corrected chi connectivity index (χ0v) is 18.7. The maximum Gasteiger partial charge on any atom is 0.305 e. The first-order chi connectivity index (χ1) is 13.9.